The van der Waals surface area contributed by atoms with Crippen molar-refractivity contribution in [2.75, 3.05) is 62.2 Å². The Balaban J connectivity index is 0.000000180. The van der Waals surface area contributed by atoms with Gasteiger partial charge < -0.3 is 24.8 Å². The van der Waals surface area contributed by atoms with Crippen LogP contribution in [0.5, 0.6) is 0 Å². The van der Waals surface area contributed by atoms with Crippen molar-refractivity contribution in [1.82, 2.24) is 10.2 Å². The quantitative estimate of drug-likeness (QED) is 0.279. The summed E-state index contributed by atoms with van der Waals surface area (Å²) in [6, 6.07) is 38.4. The van der Waals surface area contributed by atoms with E-state index < -0.39 is 5.60 Å². The SMILES string of the molecule is CC(C)(C)OC(=O)N1CCN(c2cccc(-c3ccccc3)c2)CC1.c1ccc(-c2cccc(N3CCNCC3)c2)cc1. The fourth-order valence-corrected chi connectivity index (χ4v) is 5.42. The molecule has 2 fully saturated rings. The summed E-state index contributed by atoms with van der Waals surface area (Å²) in [5.41, 5.74) is 7.10. The van der Waals surface area contributed by atoms with Crippen molar-refractivity contribution in [1.29, 1.82) is 0 Å². The lowest BCUT2D eigenvalue weighted by molar-refractivity contribution is 0.0240. The molecule has 2 aliphatic heterocycles. The molecule has 6 rings (SSSR count). The summed E-state index contributed by atoms with van der Waals surface area (Å²) < 4.78 is 5.46. The largest absolute Gasteiger partial charge is 0.444 e. The van der Waals surface area contributed by atoms with E-state index in [1.807, 2.05) is 26.8 Å². The van der Waals surface area contributed by atoms with Gasteiger partial charge in [-0.3, -0.25) is 0 Å². The first kappa shape index (κ1) is 30.2. The Hall–Kier alpha value is -4.29. The summed E-state index contributed by atoms with van der Waals surface area (Å²) in [6.07, 6.45) is -0.217. The van der Waals surface area contributed by atoms with Crippen LogP contribution in [-0.2, 0) is 4.74 Å². The molecule has 224 valence electrons. The van der Waals surface area contributed by atoms with Crippen molar-refractivity contribution in [3.05, 3.63) is 109 Å². The third-order valence-corrected chi connectivity index (χ3v) is 7.69. The van der Waals surface area contributed by atoms with Gasteiger partial charge in [0.1, 0.15) is 5.60 Å². The average molecular weight is 577 g/mol. The maximum Gasteiger partial charge on any atom is 0.410 e. The summed E-state index contributed by atoms with van der Waals surface area (Å²) in [6.45, 7) is 13.0. The lowest BCUT2D eigenvalue weighted by Crippen LogP contribution is -2.50. The number of hydrogen-bond donors (Lipinski definition) is 1. The van der Waals surface area contributed by atoms with Gasteiger partial charge in [-0.15, -0.1) is 0 Å². The number of ether oxygens (including phenoxy) is 1. The van der Waals surface area contributed by atoms with Crippen molar-refractivity contribution in [2.24, 2.45) is 0 Å². The van der Waals surface area contributed by atoms with Crippen molar-refractivity contribution in [3.63, 3.8) is 0 Å². The highest BCUT2D eigenvalue weighted by atomic mass is 16.6. The first-order chi connectivity index (χ1) is 20.9. The van der Waals surface area contributed by atoms with Gasteiger partial charge >= 0.3 is 6.09 Å². The normalized spacial score (nSPS) is 15.4. The Kier molecular flexibility index (Phi) is 10.0. The highest BCUT2D eigenvalue weighted by Gasteiger charge is 2.26. The van der Waals surface area contributed by atoms with Crippen LogP contribution < -0.4 is 15.1 Å². The number of rotatable bonds is 4. The van der Waals surface area contributed by atoms with Gasteiger partial charge in [-0.1, -0.05) is 84.9 Å². The van der Waals surface area contributed by atoms with Gasteiger partial charge in [0.25, 0.3) is 0 Å². The van der Waals surface area contributed by atoms with E-state index in [0.717, 1.165) is 39.3 Å². The average Bonchev–Trinajstić information content (AvgIpc) is 3.06. The molecular formula is C37H44N4O2. The second kappa shape index (κ2) is 14.3. The van der Waals surface area contributed by atoms with Gasteiger partial charge in [0, 0.05) is 63.7 Å². The molecule has 4 aromatic rings. The minimum atomic E-state index is -0.446. The number of nitrogens with one attached hydrogen (secondary N) is 1. The number of benzene rings is 4. The smallest absolute Gasteiger partial charge is 0.410 e. The standard InChI is InChI=1S/C21H26N2O2.C16H18N2/c1-21(2,3)25-20(24)23-14-12-22(13-15-23)19-11-7-10-18(16-19)17-8-5-4-6-9-17;1-2-5-14(6-3-1)15-7-4-8-16(13-15)18-11-9-17-10-12-18/h4-11,16H,12-15H2,1-3H3;1-8,13,17H,9-12H2. The van der Waals surface area contributed by atoms with E-state index >= 15 is 0 Å². The van der Waals surface area contributed by atoms with Crippen LogP contribution in [-0.4, -0.2) is 69.0 Å². The maximum atomic E-state index is 12.2. The molecule has 1 amide bonds. The monoisotopic (exact) mass is 576 g/mol. The van der Waals surface area contributed by atoms with Gasteiger partial charge in [0.05, 0.1) is 0 Å². The van der Waals surface area contributed by atoms with E-state index in [9.17, 15) is 4.79 Å². The third-order valence-electron chi connectivity index (χ3n) is 7.69. The Labute approximate surface area is 256 Å². The van der Waals surface area contributed by atoms with Crippen molar-refractivity contribution in [3.8, 4) is 22.3 Å². The third kappa shape index (κ3) is 8.62. The van der Waals surface area contributed by atoms with Crippen LogP contribution in [0.25, 0.3) is 22.3 Å². The fourth-order valence-electron chi connectivity index (χ4n) is 5.42. The molecule has 43 heavy (non-hydrogen) atoms. The minimum Gasteiger partial charge on any atom is -0.444 e. The Morgan fingerprint density at radius 3 is 1.49 bits per heavy atom. The maximum absolute atomic E-state index is 12.2. The van der Waals surface area contributed by atoms with E-state index in [-0.39, 0.29) is 6.09 Å². The van der Waals surface area contributed by atoms with Crippen molar-refractivity contribution >= 4 is 17.5 Å². The van der Waals surface area contributed by atoms with Gasteiger partial charge in [-0.25, -0.2) is 4.79 Å². The second-order valence-corrected chi connectivity index (χ2v) is 12.0. The molecule has 2 saturated heterocycles. The van der Waals surface area contributed by atoms with Crippen LogP contribution >= 0.6 is 0 Å². The van der Waals surface area contributed by atoms with E-state index in [1.165, 1.54) is 33.6 Å². The zero-order chi connectivity index (χ0) is 30.1. The van der Waals surface area contributed by atoms with E-state index in [1.54, 1.807) is 4.90 Å². The number of piperazine rings is 2. The highest BCUT2D eigenvalue weighted by Crippen LogP contribution is 2.26. The Morgan fingerprint density at radius 2 is 1.02 bits per heavy atom. The molecule has 0 atom stereocenters. The number of carbonyl (C=O) groups excluding carboxylic acids is 1. The molecule has 2 aliphatic rings. The number of hydrogen-bond acceptors (Lipinski definition) is 5. The van der Waals surface area contributed by atoms with E-state index in [0.29, 0.717) is 13.1 Å². The first-order valence-corrected chi connectivity index (χ1v) is 15.4. The number of anilines is 2. The van der Waals surface area contributed by atoms with Crippen molar-refractivity contribution < 1.29 is 9.53 Å². The molecule has 6 heteroatoms. The van der Waals surface area contributed by atoms with E-state index in [2.05, 4.69) is 118 Å². The summed E-state index contributed by atoms with van der Waals surface area (Å²) in [4.78, 5) is 18.7. The molecule has 0 spiro atoms. The molecule has 0 radical (unpaired) electrons. The van der Waals surface area contributed by atoms with Gasteiger partial charge in [0.2, 0.25) is 0 Å². The summed E-state index contributed by atoms with van der Waals surface area (Å²) in [7, 11) is 0. The van der Waals surface area contributed by atoms with Crippen LogP contribution in [0.4, 0.5) is 16.2 Å². The first-order valence-electron chi connectivity index (χ1n) is 15.4. The number of nitrogens with zero attached hydrogens (tertiary/aromatic N) is 3. The predicted molar refractivity (Wildman–Crippen MR) is 179 cm³/mol. The molecule has 0 aromatic heterocycles. The topological polar surface area (TPSA) is 48.1 Å². The van der Waals surface area contributed by atoms with E-state index in [4.69, 9.17) is 4.74 Å². The zero-order valence-corrected chi connectivity index (χ0v) is 25.7. The molecule has 0 bridgehead atoms. The van der Waals surface area contributed by atoms with Crippen LogP contribution in [0.2, 0.25) is 0 Å². The number of amides is 1. The van der Waals surface area contributed by atoms with Gasteiger partial charge in [0.15, 0.2) is 0 Å². The van der Waals surface area contributed by atoms with Crippen molar-refractivity contribution in [2.45, 2.75) is 26.4 Å². The Bertz CT molecular complexity index is 1440. The highest BCUT2D eigenvalue weighted by molar-refractivity contribution is 5.71. The summed E-state index contributed by atoms with van der Waals surface area (Å²) in [5, 5.41) is 3.39. The molecule has 0 aliphatic carbocycles. The molecule has 1 N–H and O–H groups in total. The second-order valence-electron chi connectivity index (χ2n) is 12.0. The molecule has 0 unspecified atom stereocenters. The molecule has 4 aromatic carbocycles. The summed E-state index contributed by atoms with van der Waals surface area (Å²) >= 11 is 0. The molecule has 2 heterocycles. The van der Waals surface area contributed by atoms with Crippen LogP contribution in [0, 0.1) is 0 Å². The fraction of sp³-hybridized carbons (Fsp3) is 0.324. The predicted octanol–water partition coefficient (Wildman–Crippen LogP) is 7.17. The van der Waals surface area contributed by atoms with Gasteiger partial charge in [-0.2, -0.15) is 0 Å². The van der Waals surface area contributed by atoms with Crippen LogP contribution in [0.15, 0.2) is 109 Å². The van der Waals surface area contributed by atoms with Crippen LogP contribution in [0.3, 0.4) is 0 Å². The zero-order valence-electron chi connectivity index (χ0n) is 25.7. The lowest BCUT2D eigenvalue weighted by atomic mass is 10.0. The lowest BCUT2D eigenvalue weighted by Gasteiger charge is -2.36. The van der Waals surface area contributed by atoms with Crippen LogP contribution in [0.1, 0.15) is 20.8 Å². The minimum absolute atomic E-state index is 0.217. The molecular weight excluding hydrogens is 532 g/mol. The molecule has 0 saturated carbocycles. The number of carbonyl (C=O) groups is 1. The Morgan fingerprint density at radius 1 is 0.581 bits per heavy atom. The van der Waals surface area contributed by atoms with Gasteiger partial charge in [-0.05, 0) is 67.3 Å². The summed E-state index contributed by atoms with van der Waals surface area (Å²) in [5.74, 6) is 0. The molecule has 6 nitrogen and oxygen atoms in total.